The first kappa shape index (κ1) is 19.5. The lowest BCUT2D eigenvalue weighted by molar-refractivity contribution is 0.475. The minimum absolute atomic E-state index is 0.0854. The molecule has 0 bridgehead atoms. The molecule has 134 valence electrons. The molecule has 3 aromatic carbocycles. The third kappa shape index (κ3) is 3.58. The standard InChI is InChI=1S/C19H11Cl5O2/c20-15-14(16(21)18(23)19(24)17(15)22)13(9-1-5-11(25)6-2-9)10-3-7-12(26)8-4-10/h1-8,13,25-26H. The van der Waals surface area contributed by atoms with Crippen molar-refractivity contribution in [3.05, 3.63) is 90.3 Å². The lowest BCUT2D eigenvalue weighted by Gasteiger charge is -2.23. The lowest BCUT2D eigenvalue weighted by Crippen LogP contribution is -2.06. The molecule has 2 N–H and O–H groups in total. The number of halogens is 5. The van der Waals surface area contributed by atoms with E-state index in [-0.39, 0.29) is 36.6 Å². The van der Waals surface area contributed by atoms with Crippen LogP contribution in [0.25, 0.3) is 0 Å². The van der Waals surface area contributed by atoms with Gasteiger partial charge in [-0.15, -0.1) is 0 Å². The average Bonchev–Trinajstić information content (AvgIpc) is 2.64. The van der Waals surface area contributed by atoms with Crippen molar-refractivity contribution in [2.75, 3.05) is 0 Å². The van der Waals surface area contributed by atoms with Gasteiger partial charge in [0.2, 0.25) is 0 Å². The van der Waals surface area contributed by atoms with Crippen LogP contribution in [-0.4, -0.2) is 10.2 Å². The largest absolute Gasteiger partial charge is 0.508 e. The highest BCUT2D eigenvalue weighted by Crippen LogP contribution is 2.49. The van der Waals surface area contributed by atoms with Crippen molar-refractivity contribution in [2.45, 2.75) is 5.92 Å². The number of aromatic hydroxyl groups is 2. The molecule has 0 aliphatic carbocycles. The van der Waals surface area contributed by atoms with Crippen LogP contribution in [0, 0.1) is 0 Å². The zero-order valence-electron chi connectivity index (χ0n) is 13.0. The van der Waals surface area contributed by atoms with Crippen LogP contribution < -0.4 is 0 Å². The maximum atomic E-state index is 9.60. The van der Waals surface area contributed by atoms with Gasteiger partial charge in [-0.1, -0.05) is 82.3 Å². The fraction of sp³-hybridized carbons (Fsp3) is 0.0526. The summed E-state index contributed by atoms with van der Waals surface area (Å²) in [5.41, 5.74) is 2.09. The van der Waals surface area contributed by atoms with Crippen LogP contribution in [0.3, 0.4) is 0 Å². The minimum atomic E-state index is -0.441. The van der Waals surface area contributed by atoms with E-state index in [4.69, 9.17) is 58.0 Å². The predicted molar refractivity (Wildman–Crippen MR) is 109 cm³/mol. The predicted octanol–water partition coefficient (Wildman–Crippen LogP) is 7.55. The van der Waals surface area contributed by atoms with E-state index in [0.717, 1.165) is 11.1 Å². The molecule has 0 spiro atoms. The quantitative estimate of drug-likeness (QED) is 0.247. The van der Waals surface area contributed by atoms with Crippen LogP contribution in [0.5, 0.6) is 11.5 Å². The fourth-order valence-electron chi connectivity index (χ4n) is 2.73. The molecule has 0 saturated carbocycles. The molecule has 0 radical (unpaired) electrons. The van der Waals surface area contributed by atoms with Gasteiger partial charge in [0.05, 0.1) is 25.1 Å². The summed E-state index contributed by atoms with van der Waals surface area (Å²) in [6.07, 6.45) is 0. The fourth-order valence-corrected chi connectivity index (χ4v) is 4.11. The molecule has 0 fully saturated rings. The van der Waals surface area contributed by atoms with E-state index in [9.17, 15) is 10.2 Å². The molecule has 0 unspecified atom stereocenters. The van der Waals surface area contributed by atoms with E-state index in [1.54, 1.807) is 48.5 Å². The van der Waals surface area contributed by atoms with Crippen LogP contribution >= 0.6 is 58.0 Å². The van der Waals surface area contributed by atoms with Crippen LogP contribution in [0.4, 0.5) is 0 Å². The molecule has 7 heteroatoms. The summed E-state index contributed by atoms with van der Waals surface area (Å²) in [4.78, 5) is 0. The summed E-state index contributed by atoms with van der Waals surface area (Å²) in [5, 5.41) is 19.9. The molecule has 0 saturated heterocycles. The van der Waals surface area contributed by atoms with E-state index >= 15 is 0 Å². The third-order valence-electron chi connectivity index (χ3n) is 3.99. The minimum Gasteiger partial charge on any atom is -0.508 e. The van der Waals surface area contributed by atoms with E-state index in [1.807, 2.05) is 0 Å². The molecule has 3 rings (SSSR count). The smallest absolute Gasteiger partial charge is 0.115 e. The number of phenolic OH excluding ortho intramolecular Hbond substituents is 2. The van der Waals surface area contributed by atoms with Gasteiger partial charge in [0, 0.05) is 11.5 Å². The van der Waals surface area contributed by atoms with Gasteiger partial charge >= 0.3 is 0 Å². The van der Waals surface area contributed by atoms with Crippen LogP contribution in [0.15, 0.2) is 48.5 Å². The first-order chi connectivity index (χ1) is 12.3. The first-order valence-corrected chi connectivity index (χ1v) is 9.29. The number of benzene rings is 3. The molecule has 0 aliphatic heterocycles. The van der Waals surface area contributed by atoms with E-state index in [2.05, 4.69) is 0 Å². The Hall–Kier alpha value is -1.29. The molecule has 0 aliphatic rings. The highest BCUT2D eigenvalue weighted by atomic mass is 35.5. The Labute approximate surface area is 175 Å². The Kier molecular flexibility index (Phi) is 5.81. The molecule has 0 heterocycles. The Balaban J connectivity index is 2.32. The summed E-state index contributed by atoms with van der Waals surface area (Å²) >= 11 is 31.5. The summed E-state index contributed by atoms with van der Waals surface area (Å²) in [5.74, 6) is -0.186. The molecule has 26 heavy (non-hydrogen) atoms. The molecule has 2 nitrogen and oxygen atoms in total. The Morgan fingerprint density at radius 3 is 1.15 bits per heavy atom. The van der Waals surface area contributed by atoms with E-state index in [0.29, 0.717) is 5.56 Å². The topological polar surface area (TPSA) is 40.5 Å². The molecule has 0 aromatic heterocycles. The summed E-state index contributed by atoms with van der Waals surface area (Å²) in [7, 11) is 0. The van der Waals surface area contributed by atoms with Gasteiger partial charge in [-0.2, -0.15) is 0 Å². The molecule has 0 amide bonds. The maximum absolute atomic E-state index is 9.60. The SMILES string of the molecule is Oc1ccc(C(c2ccc(O)cc2)c2c(Cl)c(Cl)c(Cl)c(Cl)c2Cl)cc1. The second kappa shape index (κ2) is 7.75. The van der Waals surface area contributed by atoms with Gasteiger partial charge in [-0.25, -0.2) is 0 Å². The highest BCUT2D eigenvalue weighted by molar-refractivity contribution is 6.55. The molecule has 3 aromatic rings. The van der Waals surface area contributed by atoms with Crippen LogP contribution in [0.2, 0.25) is 25.1 Å². The Bertz CT molecular complexity index is 879. The number of hydrogen-bond donors (Lipinski definition) is 2. The second-order valence-electron chi connectivity index (χ2n) is 5.60. The van der Waals surface area contributed by atoms with Crippen LogP contribution in [0.1, 0.15) is 22.6 Å². The Morgan fingerprint density at radius 2 is 0.808 bits per heavy atom. The van der Waals surface area contributed by atoms with Crippen molar-refractivity contribution < 1.29 is 10.2 Å². The Morgan fingerprint density at radius 1 is 0.500 bits per heavy atom. The monoisotopic (exact) mass is 446 g/mol. The average molecular weight is 449 g/mol. The van der Waals surface area contributed by atoms with Crippen molar-refractivity contribution in [2.24, 2.45) is 0 Å². The van der Waals surface area contributed by atoms with E-state index < -0.39 is 5.92 Å². The first-order valence-electron chi connectivity index (χ1n) is 7.40. The number of rotatable bonds is 3. The summed E-state index contributed by atoms with van der Waals surface area (Å²) in [6.45, 7) is 0. The van der Waals surface area contributed by atoms with E-state index in [1.165, 1.54) is 0 Å². The third-order valence-corrected chi connectivity index (χ3v) is 6.29. The van der Waals surface area contributed by atoms with Gasteiger partial charge in [0.25, 0.3) is 0 Å². The summed E-state index contributed by atoms with van der Waals surface area (Å²) in [6, 6.07) is 13.2. The zero-order chi connectivity index (χ0) is 19.0. The van der Waals surface area contributed by atoms with Crippen molar-refractivity contribution in [1.29, 1.82) is 0 Å². The maximum Gasteiger partial charge on any atom is 0.115 e. The molecular formula is C19H11Cl5O2. The van der Waals surface area contributed by atoms with Crippen molar-refractivity contribution in [3.63, 3.8) is 0 Å². The number of phenols is 2. The van der Waals surface area contributed by atoms with Gasteiger partial charge < -0.3 is 10.2 Å². The van der Waals surface area contributed by atoms with Gasteiger partial charge in [-0.05, 0) is 35.4 Å². The normalized spacial score (nSPS) is 11.2. The van der Waals surface area contributed by atoms with Crippen molar-refractivity contribution >= 4 is 58.0 Å². The van der Waals surface area contributed by atoms with Gasteiger partial charge in [0.15, 0.2) is 0 Å². The van der Waals surface area contributed by atoms with Crippen molar-refractivity contribution in [1.82, 2.24) is 0 Å². The lowest BCUT2D eigenvalue weighted by atomic mass is 9.85. The van der Waals surface area contributed by atoms with Crippen LogP contribution in [-0.2, 0) is 0 Å². The van der Waals surface area contributed by atoms with Gasteiger partial charge in [-0.3, -0.25) is 0 Å². The number of hydrogen-bond acceptors (Lipinski definition) is 2. The van der Waals surface area contributed by atoms with Crippen molar-refractivity contribution in [3.8, 4) is 11.5 Å². The highest BCUT2D eigenvalue weighted by Gasteiger charge is 2.27. The molecule has 0 atom stereocenters. The second-order valence-corrected chi connectivity index (χ2v) is 7.49. The molecular weight excluding hydrogens is 437 g/mol. The summed E-state index contributed by atoms with van der Waals surface area (Å²) < 4.78 is 0. The zero-order valence-corrected chi connectivity index (χ0v) is 16.8. The van der Waals surface area contributed by atoms with Gasteiger partial charge in [0.1, 0.15) is 11.5 Å².